The van der Waals surface area contributed by atoms with Crippen molar-refractivity contribution < 1.29 is 14.3 Å². The third kappa shape index (κ3) is 2.39. The molecule has 2 rings (SSSR count). The van der Waals surface area contributed by atoms with Gasteiger partial charge in [-0.3, -0.25) is 9.59 Å². The Balaban J connectivity index is 2.10. The number of carbonyl (C=O) groups is 2. The lowest BCUT2D eigenvalue weighted by molar-refractivity contribution is -0.136. The van der Waals surface area contributed by atoms with Gasteiger partial charge in [0, 0.05) is 12.2 Å². The lowest BCUT2D eigenvalue weighted by Crippen LogP contribution is -2.24. The molecule has 1 aliphatic rings. The normalized spacial score (nSPS) is 15.0. The van der Waals surface area contributed by atoms with Crippen molar-refractivity contribution in [1.82, 2.24) is 5.01 Å². The Labute approximate surface area is 98.0 Å². The smallest absolute Gasteiger partial charge is 0.274 e. The van der Waals surface area contributed by atoms with E-state index in [2.05, 4.69) is 5.10 Å². The highest BCUT2D eigenvalue weighted by atomic mass is 16.5. The fourth-order valence-electron chi connectivity index (χ4n) is 1.32. The van der Waals surface area contributed by atoms with E-state index in [4.69, 9.17) is 4.74 Å². The molecule has 86 valence electrons. The zero-order chi connectivity index (χ0) is 12.3. The van der Waals surface area contributed by atoms with Crippen molar-refractivity contribution in [2.75, 3.05) is 7.11 Å². The highest BCUT2D eigenvalue weighted by Crippen LogP contribution is 2.10. The van der Waals surface area contributed by atoms with E-state index in [1.165, 1.54) is 18.4 Å². The Morgan fingerprint density at radius 3 is 2.24 bits per heavy atom. The van der Waals surface area contributed by atoms with Crippen LogP contribution in [0.2, 0.25) is 0 Å². The number of hydrogen-bond acceptors (Lipinski definition) is 4. The number of rotatable bonds is 3. The van der Waals surface area contributed by atoms with Crippen LogP contribution in [0.5, 0.6) is 5.75 Å². The van der Waals surface area contributed by atoms with Gasteiger partial charge in [0.05, 0.1) is 13.3 Å². The molecule has 17 heavy (non-hydrogen) atoms. The standard InChI is InChI=1S/C12H10N2O3/c1-17-10-4-2-9(3-5-10)8-13-14-11(15)6-7-12(14)16/h2-8H,1H3/b13-8-. The van der Waals surface area contributed by atoms with Crippen LogP contribution in [0.1, 0.15) is 5.56 Å². The fourth-order valence-corrected chi connectivity index (χ4v) is 1.32. The monoisotopic (exact) mass is 230 g/mol. The van der Waals surface area contributed by atoms with Gasteiger partial charge >= 0.3 is 0 Å². The number of ether oxygens (including phenoxy) is 1. The summed E-state index contributed by atoms with van der Waals surface area (Å²) >= 11 is 0. The second-order valence-corrected chi connectivity index (χ2v) is 3.34. The summed E-state index contributed by atoms with van der Waals surface area (Å²) in [7, 11) is 1.58. The molecule has 1 aromatic carbocycles. The Hall–Kier alpha value is -2.43. The van der Waals surface area contributed by atoms with Crippen molar-refractivity contribution in [3.05, 3.63) is 42.0 Å². The molecule has 5 nitrogen and oxygen atoms in total. The minimum Gasteiger partial charge on any atom is -0.497 e. The molecule has 1 aromatic rings. The summed E-state index contributed by atoms with van der Waals surface area (Å²) in [6, 6.07) is 7.10. The van der Waals surface area contributed by atoms with E-state index in [9.17, 15) is 9.59 Å². The predicted octanol–water partition coefficient (Wildman–Crippen LogP) is 0.954. The first-order valence-electron chi connectivity index (χ1n) is 4.95. The van der Waals surface area contributed by atoms with Crippen LogP contribution in [0.15, 0.2) is 41.5 Å². The summed E-state index contributed by atoms with van der Waals surface area (Å²) in [5.41, 5.74) is 0.776. The van der Waals surface area contributed by atoms with Crippen LogP contribution in [0, 0.1) is 0 Å². The molecular formula is C12H10N2O3. The summed E-state index contributed by atoms with van der Waals surface area (Å²) in [4.78, 5) is 22.4. The number of methoxy groups -OCH3 is 1. The van der Waals surface area contributed by atoms with E-state index in [1.54, 1.807) is 31.4 Å². The van der Waals surface area contributed by atoms with Crippen LogP contribution in [-0.4, -0.2) is 30.1 Å². The Morgan fingerprint density at radius 2 is 1.71 bits per heavy atom. The maximum absolute atomic E-state index is 11.2. The second-order valence-electron chi connectivity index (χ2n) is 3.34. The van der Waals surface area contributed by atoms with E-state index >= 15 is 0 Å². The summed E-state index contributed by atoms with van der Waals surface area (Å²) in [6.07, 6.45) is 3.82. The van der Waals surface area contributed by atoms with Gasteiger partial charge in [-0.2, -0.15) is 10.1 Å². The first-order valence-corrected chi connectivity index (χ1v) is 4.95. The largest absolute Gasteiger partial charge is 0.497 e. The lowest BCUT2D eigenvalue weighted by Gasteiger charge is -2.05. The number of imide groups is 1. The number of nitrogens with zero attached hydrogens (tertiary/aromatic N) is 2. The number of benzene rings is 1. The Morgan fingerprint density at radius 1 is 1.12 bits per heavy atom. The van der Waals surface area contributed by atoms with Crippen molar-refractivity contribution >= 4 is 18.0 Å². The predicted molar refractivity (Wildman–Crippen MR) is 61.6 cm³/mol. The van der Waals surface area contributed by atoms with Gasteiger partial charge in [0.25, 0.3) is 11.8 Å². The summed E-state index contributed by atoms with van der Waals surface area (Å²) in [5.74, 6) is -0.128. The van der Waals surface area contributed by atoms with Gasteiger partial charge in [0.2, 0.25) is 0 Å². The first-order chi connectivity index (χ1) is 8.20. The van der Waals surface area contributed by atoms with Gasteiger partial charge in [-0.1, -0.05) is 0 Å². The summed E-state index contributed by atoms with van der Waals surface area (Å²) in [6.45, 7) is 0. The Kier molecular flexibility index (Phi) is 3.00. The summed E-state index contributed by atoms with van der Waals surface area (Å²) < 4.78 is 5.01. The van der Waals surface area contributed by atoms with Crippen LogP contribution in [0.25, 0.3) is 0 Å². The van der Waals surface area contributed by atoms with Gasteiger partial charge in [0.1, 0.15) is 5.75 Å². The maximum atomic E-state index is 11.2. The molecule has 0 atom stereocenters. The van der Waals surface area contributed by atoms with E-state index in [1.807, 2.05) is 0 Å². The number of hydrogen-bond donors (Lipinski definition) is 0. The molecule has 0 aromatic heterocycles. The number of hydrazone groups is 1. The number of carbonyl (C=O) groups excluding carboxylic acids is 2. The molecule has 1 aliphatic heterocycles. The van der Waals surface area contributed by atoms with E-state index in [0.29, 0.717) is 0 Å². The van der Waals surface area contributed by atoms with Gasteiger partial charge < -0.3 is 4.74 Å². The molecule has 0 spiro atoms. The zero-order valence-corrected chi connectivity index (χ0v) is 9.16. The quantitative estimate of drug-likeness (QED) is 0.574. The van der Waals surface area contributed by atoms with Crippen molar-refractivity contribution in [1.29, 1.82) is 0 Å². The molecule has 0 saturated carbocycles. The van der Waals surface area contributed by atoms with Gasteiger partial charge in [-0.25, -0.2) is 0 Å². The van der Waals surface area contributed by atoms with Crippen molar-refractivity contribution in [2.24, 2.45) is 5.10 Å². The van der Waals surface area contributed by atoms with Crippen LogP contribution < -0.4 is 4.74 Å². The SMILES string of the molecule is COc1ccc(/C=N\N2C(=O)C=CC2=O)cc1. The average Bonchev–Trinajstić information content (AvgIpc) is 2.67. The van der Waals surface area contributed by atoms with Gasteiger partial charge in [-0.05, 0) is 29.8 Å². The van der Waals surface area contributed by atoms with E-state index < -0.39 is 11.8 Å². The minimum atomic E-state index is -0.431. The van der Waals surface area contributed by atoms with Gasteiger partial charge in [-0.15, -0.1) is 0 Å². The highest BCUT2D eigenvalue weighted by molar-refractivity contribution is 6.13. The minimum absolute atomic E-state index is 0.431. The second kappa shape index (κ2) is 4.61. The van der Waals surface area contributed by atoms with Crippen LogP contribution in [-0.2, 0) is 9.59 Å². The van der Waals surface area contributed by atoms with Crippen LogP contribution in [0.4, 0.5) is 0 Å². The average molecular weight is 230 g/mol. The van der Waals surface area contributed by atoms with Crippen molar-refractivity contribution in [2.45, 2.75) is 0 Å². The highest BCUT2D eigenvalue weighted by Gasteiger charge is 2.22. The lowest BCUT2D eigenvalue weighted by atomic mass is 10.2. The number of amides is 2. The third-order valence-electron chi connectivity index (χ3n) is 2.22. The molecular weight excluding hydrogens is 220 g/mol. The topological polar surface area (TPSA) is 59.0 Å². The zero-order valence-electron chi connectivity index (χ0n) is 9.16. The van der Waals surface area contributed by atoms with Crippen LogP contribution >= 0.6 is 0 Å². The maximum Gasteiger partial charge on any atom is 0.274 e. The molecule has 0 fully saturated rings. The van der Waals surface area contributed by atoms with Crippen molar-refractivity contribution in [3.8, 4) is 5.75 Å². The van der Waals surface area contributed by atoms with Crippen LogP contribution in [0.3, 0.4) is 0 Å². The van der Waals surface area contributed by atoms with Gasteiger partial charge in [0.15, 0.2) is 0 Å². The van der Waals surface area contributed by atoms with E-state index in [0.717, 1.165) is 16.3 Å². The molecule has 0 radical (unpaired) electrons. The molecule has 1 heterocycles. The third-order valence-corrected chi connectivity index (χ3v) is 2.22. The molecule has 0 saturated heterocycles. The molecule has 0 unspecified atom stereocenters. The van der Waals surface area contributed by atoms with E-state index in [-0.39, 0.29) is 0 Å². The van der Waals surface area contributed by atoms with Crippen molar-refractivity contribution in [3.63, 3.8) is 0 Å². The summed E-state index contributed by atoms with van der Waals surface area (Å²) in [5, 5.41) is 4.63. The molecule has 0 N–H and O–H groups in total. The fraction of sp³-hybridized carbons (Fsp3) is 0.0833. The first kappa shape index (κ1) is 11.1. The molecule has 0 bridgehead atoms. The molecule has 5 heteroatoms. The Bertz CT molecular complexity index is 485. The molecule has 2 amide bonds. The molecule has 0 aliphatic carbocycles.